The maximum Gasteiger partial charge on any atom is 0.323 e. The predicted molar refractivity (Wildman–Crippen MR) is 62.4 cm³/mol. The van der Waals surface area contributed by atoms with Gasteiger partial charge in [-0.1, -0.05) is 0 Å². The average molecular weight is 226 g/mol. The molecular formula is C12H10N4O. The first kappa shape index (κ1) is 10.9. The van der Waals surface area contributed by atoms with E-state index in [1.165, 1.54) is 0 Å². The van der Waals surface area contributed by atoms with E-state index in [0.717, 1.165) is 0 Å². The van der Waals surface area contributed by atoms with Crippen LogP contribution in [0.25, 0.3) is 0 Å². The van der Waals surface area contributed by atoms with Crippen molar-refractivity contribution in [1.82, 2.24) is 9.97 Å². The fourth-order valence-corrected chi connectivity index (χ4v) is 1.29. The van der Waals surface area contributed by atoms with E-state index in [0.29, 0.717) is 17.1 Å². The van der Waals surface area contributed by atoms with E-state index >= 15 is 0 Å². The summed E-state index contributed by atoms with van der Waals surface area (Å²) in [5.74, 6) is 0.577. The van der Waals surface area contributed by atoms with Crippen molar-refractivity contribution >= 4 is 5.69 Å². The molecule has 2 aromatic rings. The van der Waals surface area contributed by atoms with E-state index in [1.807, 2.05) is 6.07 Å². The van der Waals surface area contributed by atoms with Crippen molar-refractivity contribution in [3.63, 3.8) is 0 Å². The molecule has 0 atom stereocenters. The first-order valence-corrected chi connectivity index (χ1v) is 4.96. The van der Waals surface area contributed by atoms with Gasteiger partial charge in [0, 0.05) is 11.4 Å². The Hall–Kier alpha value is -2.61. The van der Waals surface area contributed by atoms with Gasteiger partial charge in [0.2, 0.25) is 0 Å². The van der Waals surface area contributed by atoms with E-state index in [1.54, 1.807) is 37.3 Å². The van der Waals surface area contributed by atoms with Gasteiger partial charge in [-0.15, -0.1) is 0 Å². The fourth-order valence-electron chi connectivity index (χ4n) is 1.29. The lowest BCUT2D eigenvalue weighted by atomic mass is 10.3. The molecular weight excluding hydrogens is 216 g/mol. The van der Waals surface area contributed by atoms with Crippen LogP contribution >= 0.6 is 0 Å². The highest BCUT2D eigenvalue weighted by Gasteiger charge is 2.04. The third-order valence-electron chi connectivity index (χ3n) is 2.04. The summed E-state index contributed by atoms with van der Waals surface area (Å²) in [7, 11) is 0. The van der Waals surface area contributed by atoms with E-state index in [4.69, 9.17) is 15.7 Å². The summed E-state index contributed by atoms with van der Waals surface area (Å²) in [6.07, 6.45) is 0. The maximum atomic E-state index is 8.78. The Morgan fingerprint density at radius 2 is 1.94 bits per heavy atom. The molecule has 0 saturated carbocycles. The van der Waals surface area contributed by atoms with Crippen molar-refractivity contribution in [3.8, 4) is 17.8 Å². The number of anilines is 1. The Labute approximate surface area is 98.5 Å². The molecule has 0 radical (unpaired) electrons. The SMILES string of the molecule is Cc1cc(C#N)nc(Oc2ccc(N)cc2)n1. The van der Waals surface area contributed by atoms with Gasteiger partial charge in [-0.3, -0.25) is 0 Å². The third kappa shape index (κ3) is 2.69. The van der Waals surface area contributed by atoms with E-state index in [-0.39, 0.29) is 11.7 Å². The number of nitrogens with two attached hydrogens (primary N) is 1. The number of hydrogen-bond acceptors (Lipinski definition) is 5. The normalized spacial score (nSPS) is 9.65. The summed E-state index contributed by atoms with van der Waals surface area (Å²) in [6, 6.07) is 10.6. The molecule has 0 aliphatic rings. The molecule has 0 aliphatic carbocycles. The summed E-state index contributed by atoms with van der Waals surface area (Å²) >= 11 is 0. The molecule has 17 heavy (non-hydrogen) atoms. The molecule has 2 N–H and O–H groups in total. The average Bonchev–Trinajstić information content (AvgIpc) is 2.31. The van der Waals surface area contributed by atoms with Gasteiger partial charge in [-0.2, -0.15) is 10.2 Å². The standard InChI is InChI=1S/C12H10N4O/c1-8-6-10(7-13)16-12(15-8)17-11-4-2-9(14)3-5-11/h2-6H,14H2,1H3. The molecule has 5 nitrogen and oxygen atoms in total. The zero-order valence-corrected chi connectivity index (χ0v) is 9.21. The van der Waals surface area contributed by atoms with Crippen molar-refractivity contribution in [2.75, 3.05) is 5.73 Å². The summed E-state index contributed by atoms with van der Waals surface area (Å²) in [5, 5.41) is 8.78. The smallest absolute Gasteiger partial charge is 0.323 e. The molecule has 0 fully saturated rings. The van der Waals surface area contributed by atoms with Gasteiger partial charge in [-0.05, 0) is 37.3 Å². The number of benzene rings is 1. The molecule has 5 heteroatoms. The number of nitrogens with zero attached hydrogens (tertiary/aromatic N) is 3. The molecule has 0 bridgehead atoms. The van der Waals surface area contributed by atoms with Crippen LogP contribution in [0.5, 0.6) is 11.8 Å². The van der Waals surface area contributed by atoms with E-state index < -0.39 is 0 Å². The van der Waals surface area contributed by atoms with Gasteiger partial charge in [0.25, 0.3) is 0 Å². The quantitative estimate of drug-likeness (QED) is 0.792. The first-order chi connectivity index (χ1) is 8.17. The topological polar surface area (TPSA) is 84.8 Å². The molecule has 1 heterocycles. The second-order valence-corrected chi connectivity index (χ2v) is 3.46. The Kier molecular flexibility index (Phi) is 2.88. The van der Waals surface area contributed by atoms with Gasteiger partial charge in [0.1, 0.15) is 17.5 Å². The van der Waals surface area contributed by atoms with E-state index in [9.17, 15) is 0 Å². The summed E-state index contributed by atoms with van der Waals surface area (Å²) in [5.41, 5.74) is 7.18. The Morgan fingerprint density at radius 1 is 1.24 bits per heavy atom. The molecule has 84 valence electrons. The predicted octanol–water partition coefficient (Wildman–Crippen LogP) is 2.03. The highest BCUT2D eigenvalue weighted by molar-refractivity contribution is 5.42. The Balaban J connectivity index is 2.27. The van der Waals surface area contributed by atoms with Crippen LogP contribution in [0.4, 0.5) is 5.69 Å². The van der Waals surface area contributed by atoms with Crippen LogP contribution in [0.2, 0.25) is 0 Å². The lowest BCUT2D eigenvalue weighted by Gasteiger charge is -2.04. The Morgan fingerprint density at radius 3 is 2.59 bits per heavy atom. The molecule has 1 aromatic heterocycles. The minimum atomic E-state index is 0.159. The van der Waals surface area contributed by atoms with Crippen LogP contribution in [0.3, 0.4) is 0 Å². The summed E-state index contributed by atoms with van der Waals surface area (Å²) < 4.78 is 5.43. The van der Waals surface area contributed by atoms with Crippen molar-refractivity contribution in [2.24, 2.45) is 0 Å². The van der Waals surface area contributed by atoms with Crippen molar-refractivity contribution in [3.05, 3.63) is 41.7 Å². The largest absolute Gasteiger partial charge is 0.424 e. The van der Waals surface area contributed by atoms with Gasteiger partial charge < -0.3 is 10.5 Å². The van der Waals surface area contributed by atoms with Crippen molar-refractivity contribution < 1.29 is 4.74 Å². The zero-order valence-electron chi connectivity index (χ0n) is 9.21. The highest BCUT2D eigenvalue weighted by atomic mass is 16.5. The van der Waals surface area contributed by atoms with Crippen LogP contribution in [-0.2, 0) is 0 Å². The van der Waals surface area contributed by atoms with Crippen LogP contribution in [-0.4, -0.2) is 9.97 Å². The number of aryl methyl sites for hydroxylation is 1. The van der Waals surface area contributed by atoms with Gasteiger partial charge >= 0.3 is 6.01 Å². The molecule has 0 amide bonds. The first-order valence-electron chi connectivity index (χ1n) is 4.96. The van der Waals surface area contributed by atoms with Crippen molar-refractivity contribution in [1.29, 1.82) is 5.26 Å². The number of nitriles is 1. The lowest BCUT2D eigenvalue weighted by Crippen LogP contribution is -1.96. The number of aromatic nitrogens is 2. The lowest BCUT2D eigenvalue weighted by molar-refractivity contribution is 0.440. The second-order valence-electron chi connectivity index (χ2n) is 3.46. The number of hydrogen-bond donors (Lipinski definition) is 1. The highest BCUT2D eigenvalue weighted by Crippen LogP contribution is 2.19. The molecule has 0 spiro atoms. The van der Waals surface area contributed by atoms with Crippen LogP contribution in [0.1, 0.15) is 11.4 Å². The van der Waals surface area contributed by atoms with Crippen molar-refractivity contribution in [2.45, 2.75) is 6.92 Å². The number of nitrogen functional groups attached to an aromatic ring is 1. The maximum absolute atomic E-state index is 8.78. The molecule has 0 aliphatic heterocycles. The van der Waals surface area contributed by atoms with Crippen LogP contribution < -0.4 is 10.5 Å². The minimum absolute atomic E-state index is 0.159. The van der Waals surface area contributed by atoms with Crippen LogP contribution in [0, 0.1) is 18.3 Å². The molecule has 0 saturated heterocycles. The molecule has 1 aromatic carbocycles. The van der Waals surface area contributed by atoms with Gasteiger partial charge in [0.15, 0.2) is 0 Å². The van der Waals surface area contributed by atoms with Gasteiger partial charge in [0.05, 0.1) is 0 Å². The summed E-state index contributed by atoms with van der Waals surface area (Å²) in [6.45, 7) is 1.78. The molecule has 0 unspecified atom stereocenters. The third-order valence-corrected chi connectivity index (χ3v) is 2.04. The van der Waals surface area contributed by atoms with Crippen LogP contribution in [0.15, 0.2) is 30.3 Å². The zero-order chi connectivity index (χ0) is 12.3. The minimum Gasteiger partial charge on any atom is -0.424 e. The monoisotopic (exact) mass is 226 g/mol. The van der Waals surface area contributed by atoms with E-state index in [2.05, 4.69) is 9.97 Å². The van der Waals surface area contributed by atoms with Gasteiger partial charge in [-0.25, -0.2) is 4.98 Å². The fraction of sp³-hybridized carbons (Fsp3) is 0.0833. The Bertz CT molecular complexity index is 572. The molecule has 2 rings (SSSR count). The number of ether oxygens (including phenoxy) is 1. The summed E-state index contributed by atoms with van der Waals surface area (Å²) in [4.78, 5) is 8.03. The number of rotatable bonds is 2. The second kappa shape index (κ2) is 4.49.